The molecule has 1 aliphatic rings. The molecule has 0 aliphatic heterocycles. The molecule has 2 atom stereocenters. The summed E-state index contributed by atoms with van der Waals surface area (Å²) in [5.41, 5.74) is 1.23. The van der Waals surface area contributed by atoms with E-state index in [4.69, 9.17) is 9.47 Å². The second-order valence-corrected chi connectivity index (χ2v) is 4.39. The fourth-order valence-electron chi connectivity index (χ4n) is 1.95. The number of hydrogen-bond donors (Lipinski definition) is 0. The predicted molar refractivity (Wildman–Crippen MR) is 66.8 cm³/mol. The van der Waals surface area contributed by atoms with Crippen LogP contribution in [0.3, 0.4) is 0 Å². The van der Waals surface area contributed by atoms with Crippen LogP contribution >= 0.6 is 0 Å². The van der Waals surface area contributed by atoms with Crippen LogP contribution in [0.4, 0.5) is 9.59 Å². The van der Waals surface area contributed by atoms with Gasteiger partial charge in [-0.25, -0.2) is 9.59 Å². The molecule has 0 saturated carbocycles. The van der Waals surface area contributed by atoms with Gasteiger partial charge in [-0.05, 0) is 32.6 Å². The lowest BCUT2D eigenvalue weighted by Crippen LogP contribution is -2.36. The average Bonchev–Trinajstić information content (AvgIpc) is 2.40. The van der Waals surface area contributed by atoms with Crippen molar-refractivity contribution in [3.63, 3.8) is 0 Å². The number of methoxy groups -OCH3 is 2. The van der Waals surface area contributed by atoms with E-state index in [1.54, 1.807) is 0 Å². The maximum Gasteiger partial charge on any atom is 0.508 e. The Morgan fingerprint density at radius 3 is 2.11 bits per heavy atom. The number of ether oxygens (including phenoxy) is 4. The fourth-order valence-corrected chi connectivity index (χ4v) is 1.95. The van der Waals surface area contributed by atoms with Crippen LogP contribution in [0.15, 0.2) is 11.6 Å². The third-order valence-electron chi connectivity index (χ3n) is 3.01. The summed E-state index contributed by atoms with van der Waals surface area (Å²) in [6.07, 6.45) is 2.22. The minimum Gasteiger partial charge on any atom is -0.438 e. The molecule has 108 valence electrons. The maximum absolute atomic E-state index is 11.2. The summed E-state index contributed by atoms with van der Waals surface area (Å²) in [6, 6.07) is 0. The van der Waals surface area contributed by atoms with Gasteiger partial charge < -0.3 is 18.9 Å². The maximum atomic E-state index is 11.2. The van der Waals surface area contributed by atoms with Crippen molar-refractivity contribution in [2.75, 3.05) is 14.2 Å². The highest BCUT2D eigenvalue weighted by Gasteiger charge is 2.30. The lowest BCUT2D eigenvalue weighted by atomic mass is 9.96. The van der Waals surface area contributed by atoms with Crippen molar-refractivity contribution < 1.29 is 28.5 Å². The van der Waals surface area contributed by atoms with E-state index < -0.39 is 24.5 Å². The highest BCUT2D eigenvalue weighted by molar-refractivity contribution is 5.61. The second-order valence-electron chi connectivity index (χ2n) is 4.39. The Morgan fingerprint density at radius 2 is 1.58 bits per heavy atom. The molecule has 2 unspecified atom stereocenters. The molecule has 0 fully saturated rings. The van der Waals surface area contributed by atoms with Crippen LogP contribution in [0, 0.1) is 0 Å². The van der Waals surface area contributed by atoms with Crippen molar-refractivity contribution in [2.24, 2.45) is 0 Å². The average molecular weight is 272 g/mol. The van der Waals surface area contributed by atoms with Gasteiger partial charge in [0.1, 0.15) is 12.2 Å². The van der Waals surface area contributed by atoms with Gasteiger partial charge in [-0.3, -0.25) is 0 Å². The first-order chi connectivity index (χ1) is 9.06. The van der Waals surface area contributed by atoms with E-state index in [1.807, 2.05) is 6.92 Å². The summed E-state index contributed by atoms with van der Waals surface area (Å²) in [4.78, 5) is 22.4. The van der Waals surface area contributed by atoms with Crippen molar-refractivity contribution in [3.05, 3.63) is 11.6 Å². The van der Waals surface area contributed by atoms with Crippen LogP contribution in [0.5, 0.6) is 0 Å². The Kier molecular flexibility index (Phi) is 6.18. The number of carbonyl (C=O) groups excluding carboxylic acids is 2. The molecule has 0 aromatic rings. The van der Waals surface area contributed by atoms with Gasteiger partial charge in [0, 0.05) is 0 Å². The van der Waals surface area contributed by atoms with Crippen LogP contribution in [0.2, 0.25) is 0 Å². The zero-order valence-corrected chi connectivity index (χ0v) is 11.5. The first-order valence-electron chi connectivity index (χ1n) is 6.21. The van der Waals surface area contributed by atoms with E-state index in [0.717, 1.165) is 12.8 Å². The molecule has 0 radical (unpaired) electrons. The summed E-state index contributed by atoms with van der Waals surface area (Å²) < 4.78 is 19.3. The molecule has 0 N–H and O–H groups in total. The third-order valence-corrected chi connectivity index (χ3v) is 3.01. The molecule has 0 bridgehead atoms. The predicted octanol–water partition coefficient (Wildman–Crippen LogP) is 2.81. The van der Waals surface area contributed by atoms with E-state index in [1.165, 1.54) is 19.8 Å². The summed E-state index contributed by atoms with van der Waals surface area (Å²) in [5.74, 6) is 0. The number of hydrogen-bond acceptors (Lipinski definition) is 6. The standard InChI is InChI=1S/C13H20O6/c1-9-5-4-6-10(18-12(14)16-2)11(8-7-9)19-13(15)17-3/h5,10-11H,4,6-8H2,1-3H3. The Hall–Kier alpha value is -1.72. The van der Waals surface area contributed by atoms with Gasteiger partial charge in [0.15, 0.2) is 0 Å². The highest BCUT2D eigenvalue weighted by Crippen LogP contribution is 2.23. The minimum atomic E-state index is -0.773. The molecule has 0 aromatic carbocycles. The largest absolute Gasteiger partial charge is 0.508 e. The minimum absolute atomic E-state index is 0.518. The van der Waals surface area contributed by atoms with Crippen LogP contribution in [0.25, 0.3) is 0 Å². The molecule has 1 aliphatic carbocycles. The fraction of sp³-hybridized carbons (Fsp3) is 0.692. The van der Waals surface area contributed by atoms with Gasteiger partial charge in [-0.15, -0.1) is 0 Å². The van der Waals surface area contributed by atoms with Crippen molar-refractivity contribution in [3.8, 4) is 0 Å². The van der Waals surface area contributed by atoms with E-state index in [0.29, 0.717) is 12.8 Å². The zero-order valence-electron chi connectivity index (χ0n) is 11.5. The van der Waals surface area contributed by atoms with Crippen LogP contribution in [0.1, 0.15) is 32.6 Å². The van der Waals surface area contributed by atoms with Crippen LogP contribution in [-0.2, 0) is 18.9 Å². The van der Waals surface area contributed by atoms with Crippen molar-refractivity contribution in [1.82, 2.24) is 0 Å². The quantitative estimate of drug-likeness (QED) is 0.568. The van der Waals surface area contributed by atoms with Crippen LogP contribution < -0.4 is 0 Å². The molecule has 1 rings (SSSR count). The number of allylic oxidation sites excluding steroid dienone is 2. The van der Waals surface area contributed by atoms with Gasteiger partial charge in [-0.1, -0.05) is 11.6 Å². The topological polar surface area (TPSA) is 71.1 Å². The molecule has 0 heterocycles. The van der Waals surface area contributed by atoms with Gasteiger partial charge in [0.2, 0.25) is 0 Å². The van der Waals surface area contributed by atoms with E-state index in [9.17, 15) is 9.59 Å². The van der Waals surface area contributed by atoms with Crippen molar-refractivity contribution in [2.45, 2.75) is 44.8 Å². The third kappa shape index (κ3) is 5.19. The summed E-state index contributed by atoms with van der Waals surface area (Å²) in [6.45, 7) is 2.02. The Bertz CT molecular complexity index is 349. The Balaban J connectivity index is 2.73. The van der Waals surface area contributed by atoms with Crippen LogP contribution in [-0.4, -0.2) is 38.7 Å². The Labute approximate surface area is 112 Å². The van der Waals surface area contributed by atoms with Gasteiger partial charge >= 0.3 is 12.3 Å². The monoisotopic (exact) mass is 272 g/mol. The first-order valence-corrected chi connectivity index (χ1v) is 6.21. The molecule has 0 saturated heterocycles. The normalized spacial score (nSPS) is 23.4. The molecule has 0 aromatic heterocycles. The number of carbonyl (C=O) groups is 2. The van der Waals surface area contributed by atoms with Crippen molar-refractivity contribution in [1.29, 1.82) is 0 Å². The summed E-state index contributed by atoms with van der Waals surface area (Å²) >= 11 is 0. The summed E-state index contributed by atoms with van der Waals surface area (Å²) in [7, 11) is 2.48. The highest BCUT2D eigenvalue weighted by atomic mass is 16.7. The lowest BCUT2D eigenvalue weighted by molar-refractivity contribution is -0.0540. The molecule has 0 spiro atoms. The molecule has 6 heteroatoms. The molecular weight excluding hydrogens is 252 g/mol. The van der Waals surface area contributed by atoms with Gasteiger partial charge in [-0.2, -0.15) is 0 Å². The smallest absolute Gasteiger partial charge is 0.438 e. The number of rotatable bonds is 2. The first kappa shape index (κ1) is 15.3. The van der Waals surface area contributed by atoms with E-state index in [2.05, 4.69) is 15.5 Å². The SMILES string of the molecule is COC(=O)OC1CCC=C(C)CCC1OC(=O)OC. The second kappa shape index (κ2) is 7.66. The molecule has 19 heavy (non-hydrogen) atoms. The lowest BCUT2D eigenvalue weighted by Gasteiger charge is -2.27. The summed E-state index contributed by atoms with van der Waals surface area (Å²) in [5, 5.41) is 0. The molecule has 0 amide bonds. The van der Waals surface area contributed by atoms with Gasteiger partial charge in [0.25, 0.3) is 0 Å². The van der Waals surface area contributed by atoms with Gasteiger partial charge in [0.05, 0.1) is 14.2 Å². The Morgan fingerprint density at radius 1 is 1.05 bits per heavy atom. The van der Waals surface area contributed by atoms with E-state index in [-0.39, 0.29) is 0 Å². The molecule has 6 nitrogen and oxygen atoms in total. The van der Waals surface area contributed by atoms with E-state index >= 15 is 0 Å². The zero-order chi connectivity index (χ0) is 14.3. The molecular formula is C13H20O6. The van der Waals surface area contributed by atoms with Crippen molar-refractivity contribution >= 4 is 12.3 Å².